The Bertz CT molecular complexity index is 700. The van der Waals surface area contributed by atoms with Crippen molar-refractivity contribution < 1.29 is 9.59 Å². The molecular weight excluding hydrogens is 366 g/mol. The lowest BCUT2D eigenvalue weighted by Gasteiger charge is -2.38. The Labute approximate surface area is 174 Å². The summed E-state index contributed by atoms with van der Waals surface area (Å²) in [6.07, 6.45) is 3.16. The molecule has 1 aromatic heterocycles. The number of carbonyl (C=O) groups is 2. The first-order chi connectivity index (χ1) is 13.9. The number of carbonyl (C=O) groups excluding carboxylic acids is 2. The zero-order chi connectivity index (χ0) is 20.8. The molecule has 7 heteroatoms. The Morgan fingerprint density at radius 2 is 2.00 bits per heavy atom. The van der Waals surface area contributed by atoms with E-state index in [0.29, 0.717) is 25.6 Å². The summed E-state index contributed by atoms with van der Waals surface area (Å²) in [4.78, 5) is 36.3. The molecule has 7 nitrogen and oxygen atoms in total. The second-order valence-electron chi connectivity index (χ2n) is 8.65. The van der Waals surface area contributed by atoms with Crippen LogP contribution in [0.15, 0.2) is 18.3 Å². The van der Waals surface area contributed by atoms with Crippen LogP contribution in [-0.4, -0.2) is 83.4 Å². The maximum atomic E-state index is 12.9. The molecule has 0 bridgehead atoms. The molecule has 2 saturated heterocycles. The molecule has 3 heterocycles. The van der Waals surface area contributed by atoms with Gasteiger partial charge in [0.2, 0.25) is 11.8 Å². The second-order valence-corrected chi connectivity index (χ2v) is 8.65. The summed E-state index contributed by atoms with van der Waals surface area (Å²) in [6.45, 7) is 12.8. The molecule has 1 atom stereocenters. The third-order valence-corrected chi connectivity index (χ3v) is 6.02. The van der Waals surface area contributed by atoms with Crippen LogP contribution < -0.4 is 5.32 Å². The quantitative estimate of drug-likeness (QED) is 0.745. The van der Waals surface area contributed by atoms with Gasteiger partial charge < -0.3 is 10.2 Å². The van der Waals surface area contributed by atoms with Crippen molar-refractivity contribution in [3.8, 4) is 0 Å². The fraction of sp³-hybridized carbons (Fsp3) is 0.682. The molecule has 0 aromatic carbocycles. The number of rotatable bonds is 7. The molecule has 3 rings (SSSR count). The number of hydrogen-bond acceptors (Lipinski definition) is 5. The van der Waals surface area contributed by atoms with Crippen molar-refractivity contribution in [3.63, 3.8) is 0 Å². The van der Waals surface area contributed by atoms with E-state index in [1.54, 1.807) is 0 Å². The summed E-state index contributed by atoms with van der Waals surface area (Å²) < 4.78 is 0. The van der Waals surface area contributed by atoms with Crippen molar-refractivity contribution in [2.75, 3.05) is 45.8 Å². The normalized spacial score (nSPS) is 21.4. The van der Waals surface area contributed by atoms with Gasteiger partial charge in [0, 0.05) is 52.0 Å². The summed E-state index contributed by atoms with van der Waals surface area (Å²) in [5.74, 6) is 0.681. The van der Waals surface area contributed by atoms with Gasteiger partial charge in [0.05, 0.1) is 18.2 Å². The number of nitrogens with zero attached hydrogens (tertiary/aromatic N) is 4. The van der Waals surface area contributed by atoms with Gasteiger partial charge in [0.25, 0.3) is 0 Å². The number of amides is 2. The molecule has 0 spiro atoms. The molecule has 0 aliphatic carbocycles. The van der Waals surface area contributed by atoms with Gasteiger partial charge in [0.15, 0.2) is 0 Å². The minimum atomic E-state index is -0.329. The van der Waals surface area contributed by atoms with Crippen LogP contribution in [0.5, 0.6) is 0 Å². The van der Waals surface area contributed by atoms with Crippen LogP contribution in [0.3, 0.4) is 0 Å². The van der Waals surface area contributed by atoms with E-state index >= 15 is 0 Å². The number of hydrogen-bond donors (Lipinski definition) is 1. The Hall–Kier alpha value is -1.99. The Morgan fingerprint density at radius 3 is 2.69 bits per heavy atom. The van der Waals surface area contributed by atoms with E-state index in [1.165, 1.54) is 5.56 Å². The van der Waals surface area contributed by atoms with Crippen molar-refractivity contribution in [2.24, 2.45) is 5.92 Å². The summed E-state index contributed by atoms with van der Waals surface area (Å²) in [5, 5.41) is 2.93. The van der Waals surface area contributed by atoms with Crippen molar-refractivity contribution in [1.29, 1.82) is 0 Å². The van der Waals surface area contributed by atoms with Crippen LogP contribution in [0.25, 0.3) is 0 Å². The molecule has 2 aliphatic rings. The topological polar surface area (TPSA) is 68.8 Å². The zero-order valence-corrected chi connectivity index (χ0v) is 18.1. The zero-order valence-electron chi connectivity index (χ0n) is 18.1. The summed E-state index contributed by atoms with van der Waals surface area (Å²) in [7, 11) is 0. The maximum absolute atomic E-state index is 12.9. The van der Waals surface area contributed by atoms with Crippen LogP contribution in [0.1, 0.15) is 37.9 Å². The number of pyridine rings is 1. The molecular formula is C22H35N5O2. The highest BCUT2D eigenvalue weighted by atomic mass is 16.2. The lowest BCUT2D eigenvalue weighted by molar-refractivity contribution is -0.140. The fourth-order valence-electron chi connectivity index (χ4n) is 4.02. The molecule has 2 fully saturated rings. The van der Waals surface area contributed by atoms with Gasteiger partial charge in [-0.2, -0.15) is 0 Å². The summed E-state index contributed by atoms with van der Waals surface area (Å²) >= 11 is 0. The van der Waals surface area contributed by atoms with Gasteiger partial charge in [-0.3, -0.25) is 24.4 Å². The number of aryl methyl sites for hydroxylation is 1. The third kappa shape index (κ3) is 6.00. The molecule has 29 heavy (non-hydrogen) atoms. The number of nitrogens with one attached hydrogen (secondary N) is 1. The molecule has 1 aromatic rings. The van der Waals surface area contributed by atoms with Gasteiger partial charge in [-0.1, -0.05) is 19.9 Å². The highest BCUT2D eigenvalue weighted by Gasteiger charge is 2.33. The van der Waals surface area contributed by atoms with E-state index in [0.717, 1.165) is 44.8 Å². The highest BCUT2D eigenvalue weighted by Crippen LogP contribution is 2.15. The van der Waals surface area contributed by atoms with E-state index < -0.39 is 0 Å². The lowest BCUT2D eigenvalue weighted by atomic mass is 10.0. The molecule has 0 unspecified atom stereocenters. The second kappa shape index (κ2) is 10.2. The van der Waals surface area contributed by atoms with E-state index in [9.17, 15) is 9.59 Å². The van der Waals surface area contributed by atoms with Gasteiger partial charge in [-0.05, 0) is 37.4 Å². The average Bonchev–Trinajstić information content (AvgIpc) is 2.70. The van der Waals surface area contributed by atoms with E-state index in [1.807, 2.05) is 17.2 Å². The average molecular weight is 402 g/mol. The van der Waals surface area contributed by atoms with E-state index in [2.05, 4.69) is 46.9 Å². The van der Waals surface area contributed by atoms with Crippen molar-refractivity contribution in [3.05, 3.63) is 29.6 Å². The lowest BCUT2D eigenvalue weighted by Crippen LogP contribution is -2.57. The number of piperazine rings is 2. The minimum absolute atomic E-state index is 0.00220. The molecule has 2 amide bonds. The minimum Gasteiger partial charge on any atom is -0.353 e. The summed E-state index contributed by atoms with van der Waals surface area (Å²) in [5.41, 5.74) is 2.31. The first-order valence-corrected chi connectivity index (χ1v) is 10.9. The third-order valence-electron chi connectivity index (χ3n) is 6.02. The Kier molecular flexibility index (Phi) is 7.61. The monoisotopic (exact) mass is 401 g/mol. The first kappa shape index (κ1) is 21.7. The molecule has 160 valence electrons. The Morgan fingerprint density at radius 1 is 1.24 bits per heavy atom. The maximum Gasteiger partial charge on any atom is 0.237 e. The number of aromatic nitrogens is 1. The molecule has 2 aliphatic heterocycles. The molecule has 1 N–H and O–H groups in total. The van der Waals surface area contributed by atoms with Crippen LogP contribution >= 0.6 is 0 Å². The van der Waals surface area contributed by atoms with Crippen molar-refractivity contribution in [2.45, 2.75) is 46.2 Å². The van der Waals surface area contributed by atoms with Crippen LogP contribution in [0.2, 0.25) is 0 Å². The molecule has 0 saturated carbocycles. The SMILES string of the molecule is Cc1cccnc1CN1CCN(C(=O)C[C@H]2C(=O)NCCN2CCC(C)C)CC1. The Balaban J connectivity index is 1.50. The van der Waals surface area contributed by atoms with Crippen LogP contribution in [-0.2, 0) is 16.1 Å². The van der Waals surface area contributed by atoms with Crippen LogP contribution in [0.4, 0.5) is 0 Å². The predicted octanol–water partition coefficient (Wildman–Crippen LogP) is 1.27. The van der Waals surface area contributed by atoms with E-state index in [-0.39, 0.29) is 24.3 Å². The standard InChI is InChI=1S/C22H35N5O2/c1-17(2)6-9-26-10-8-24-22(29)20(26)15-21(28)27-13-11-25(12-14-27)16-19-18(3)5-4-7-23-19/h4-5,7,17,20H,6,8-16H2,1-3H3,(H,24,29)/t20-/m0/s1. The first-order valence-electron chi connectivity index (χ1n) is 10.9. The van der Waals surface area contributed by atoms with Crippen molar-refractivity contribution in [1.82, 2.24) is 25.0 Å². The smallest absolute Gasteiger partial charge is 0.237 e. The van der Waals surface area contributed by atoms with Gasteiger partial charge in [-0.15, -0.1) is 0 Å². The molecule has 0 radical (unpaired) electrons. The summed E-state index contributed by atoms with van der Waals surface area (Å²) in [6, 6.07) is 3.72. The van der Waals surface area contributed by atoms with Crippen LogP contribution in [0, 0.1) is 12.8 Å². The predicted molar refractivity (Wildman–Crippen MR) is 113 cm³/mol. The largest absolute Gasteiger partial charge is 0.353 e. The van der Waals surface area contributed by atoms with Crippen molar-refractivity contribution >= 4 is 11.8 Å². The van der Waals surface area contributed by atoms with Gasteiger partial charge in [-0.25, -0.2) is 0 Å². The van der Waals surface area contributed by atoms with E-state index in [4.69, 9.17) is 0 Å². The van der Waals surface area contributed by atoms with Gasteiger partial charge >= 0.3 is 0 Å². The van der Waals surface area contributed by atoms with Gasteiger partial charge in [0.1, 0.15) is 0 Å². The fourth-order valence-corrected chi connectivity index (χ4v) is 4.02. The highest BCUT2D eigenvalue weighted by molar-refractivity contribution is 5.88.